The minimum absolute atomic E-state index is 0.234. The van der Waals surface area contributed by atoms with Crippen LogP contribution in [0.25, 0.3) is 6.08 Å². The van der Waals surface area contributed by atoms with E-state index in [1.165, 1.54) is 23.3 Å². The lowest BCUT2D eigenvalue weighted by Gasteiger charge is -2.16. The zero-order valence-corrected chi connectivity index (χ0v) is 25.2. The van der Waals surface area contributed by atoms with E-state index in [1.54, 1.807) is 29.3 Å². The zero-order valence-electron chi connectivity index (χ0n) is 24.4. The highest BCUT2D eigenvalue weighted by Gasteiger charge is 2.41. The summed E-state index contributed by atoms with van der Waals surface area (Å²) >= 11 is 1.52. The Morgan fingerprint density at radius 2 is 1.76 bits per heavy atom. The van der Waals surface area contributed by atoms with Crippen LogP contribution in [0.2, 0.25) is 0 Å². The predicted octanol–water partition coefficient (Wildman–Crippen LogP) is 6.21. The topological polar surface area (TPSA) is 97.6 Å². The summed E-state index contributed by atoms with van der Waals surface area (Å²) < 4.78 is 6.91. The molecule has 3 amide bonds. The summed E-state index contributed by atoms with van der Waals surface area (Å²) in [5, 5.41) is 2.84. The lowest BCUT2D eigenvalue weighted by molar-refractivity contribution is -0.123. The van der Waals surface area contributed by atoms with Crippen LogP contribution in [-0.2, 0) is 29.0 Å². The van der Waals surface area contributed by atoms with E-state index in [0.717, 1.165) is 72.7 Å². The smallest absolute Gasteiger partial charge is 0.337 e. The minimum atomic E-state index is -0.382. The molecule has 0 saturated carbocycles. The van der Waals surface area contributed by atoms with E-state index < -0.39 is 0 Å². The average molecular weight is 578 g/mol. The highest BCUT2D eigenvalue weighted by molar-refractivity contribution is 7.09. The molecule has 0 bridgehead atoms. The number of benzene rings is 1. The molecule has 1 aliphatic heterocycles. The molecular weight excluding hydrogens is 538 g/mol. The molecule has 41 heavy (non-hydrogen) atoms. The van der Waals surface area contributed by atoms with Gasteiger partial charge in [-0.25, -0.2) is 19.6 Å². The van der Waals surface area contributed by atoms with Gasteiger partial charge in [0, 0.05) is 24.9 Å². The maximum atomic E-state index is 13.7. The van der Waals surface area contributed by atoms with E-state index >= 15 is 0 Å². The van der Waals surface area contributed by atoms with Crippen LogP contribution in [0.1, 0.15) is 90.5 Å². The largest absolute Gasteiger partial charge is 0.465 e. The molecule has 0 atom stereocenters. The molecule has 1 aromatic carbocycles. The number of ether oxygens (including phenoxy) is 1. The summed E-state index contributed by atoms with van der Waals surface area (Å²) in [6.45, 7) is 7.34. The van der Waals surface area contributed by atoms with Crippen molar-refractivity contribution in [2.75, 3.05) is 13.7 Å². The van der Waals surface area contributed by atoms with Crippen molar-refractivity contribution in [3.63, 3.8) is 0 Å². The Bertz CT molecular complexity index is 1390. The van der Waals surface area contributed by atoms with Gasteiger partial charge < -0.3 is 9.30 Å². The molecule has 10 heteroatoms. The summed E-state index contributed by atoms with van der Waals surface area (Å²) in [5.41, 5.74) is 3.30. The lowest BCUT2D eigenvalue weighted by Crippen LogP contribution is -2.33. The summed E-state index contributed by atoms with van der Waals surface area (Å²) in [4.78, 5) is 51.2. The van der Waals surface area contributed by atoms with E-state index in [1.807, 2.05) is 24.4 Å². The van der Waals surface area contributed by atoms with Crippen molar-refractivity contribution < 1.29 is 19.1 Å². The van der Waals surface area contributed by atoms with Gasteiger partial charge in [-0.1, -0.05) is 51.7 Å². The number of hydrogen-bond acceptors (Lipinski definition) is 7. The van der Waals surface area contributed by atoms with Crippen LogP contribution in [0.4, 0.5) is 4.79 Å². The Morgan fingerprint density at radius 3 is 2.41 bits per heavy atom. The standard InChI is InChI=1S/C31H39N5O4S/c1-5-7-9-10-16-34-29(37)27(36(31(34)39)20-25-21-41-22(3)33-25)17-26-18-32-28(11-8-6-2)35(26)19-23-12-14-24(15-13-23)30(38)40-4/h12-15,17-18,21H,5-11,16,19-20H2,1-4H3/b27-17-. The first-order chi connectivity index (χ1) is 19.9. The van der Waals surface area contributed by atoms with Crippen molar-refractivity contribution in [2.24, 2.45) is 0 Å². The quantitative estimate of drug-likeness (QED) is 0.0978. The first-order valence-electron chi connectivity index (χ1n) is 14.3. The highest BCUT2D eigenvalue weighted by Crippen LogP contribution is 2.28. The van der Waals surface area contributed by atoms with Gasteiger partial charge >= 0.3 is 12.0 Å². The van der Waals surface area contributed by atoms with Gasteiger partial charge in [-0.15, -0.1) is 11.3 Å². The van der Waals surface area contributed by atoms with Crippen molar-refractivity contribution in [1.29, 1.82) is 0 Å². The van der Waals surface area contributed by atoms with E-state index in [2.05, 4.69) is 23.4 Å². The number of rotatable bonds is 14. The third-order valence-corrected chi connectivity index (χ3v) is 7.98. The summed E-state index contributed by atoms with van der Waals surface area (Å²) in [6.07, 6.45) is 10.3. The second-order valence-corrected chi connectivity index (χ2v) is 11.3. The molecule has 9 nitrogen and oxygen atoms in total. The Morgan fingerprint density at radius 1 is 1.00 bits per heavy atom. The summed E-state index contributed by atoms with van der Waals surface area (Å²) in [6, 6.07) is 6.97. The van der Waals surface area contributed by atoms with Crippen LogP contribution in [0.15, 0.2) is 41.5 Å². The number of imide groups is 1. The summed E-state index contributed by atoms with van der Waals surface area (Å²) in [7, 11) is 1.36. The number of urea groups is 1. The van der Waals surface area contributed by atoms with Crippen LogP contribution in [0.3, 0.4) is 0 Å². The van der Waals surface area contributed by atoms with Crippen molar-refractivity contribution in [2.45, 2.75) is 78.8 Å². The number of carbonyl (C=O) groups excluding carboxylic acids is 3. The monoisotopic (exact) mass is 577 g/mol. The highest BCUT2D eigenvalue weighted by atomic mass is 32.1. The Labute approximate surface area is 245 Å². The molecule has 1 fully saturated rings. The predicted molar refractivity (Wildman–Crippen MR) is 159 cm³/mol. The molecule has 0 N–H and O–H groups in total. The molecule has 0 radical (unpaired) electrons. The number of unbranched alkanes of at least 4 members (excludes halogenated alkanes) is 4. The molecule has 3 heterocycles. The van der Waals surface area contributed by atoms with Gasteiger partial charge in [0.1, 0.15) is 11.5 Å². The third-order valence-electron chi connectivity index (χ3n) is 7.16. The van der Waals surface area contributed by atoms with Gasteiger partial charge in [0.25, 0.3) is 5.91 Å². The number of imidazole rings is 1. The number of aromatic nitrogens is 3. The van der Waals surface area contributed by atoms with Crippen LogP contribution in [0, 0.1) is 6.92 Å². The van der Waals surface area contributed by atoms with Crippen molar-refractivity contribution in [1.82, 2.24) is 24.3 Å². The van der Waals surface area contributed by atoms with Gasteiger partial charge in [-0.3, -0.25) is 14.6 Å². The zero-order chi connectivity index (χ0) is 29.4. The second-order valence-electron chi connectivity index (χ2n) is 10.3. The molecule has 4 rings (SSSR count). The number of hydrogen-bond donors (Lipinski definition) is 0. The SMILES string of the molecule is CCCCCCN1C(=O)/C(=C/c2cnc(CCCC)n2Cc2ccc(C(=O)OC)cc2)N(Cc2csc(C)n2)C1=O. The van der Waals surface area contributed by atoms with Crippen LogP contribution in [-0.4, -0.2) is 55.9 Å². The molecule has 2 aromatic heterocycles. The van der Waals surface area contributed by atoms with Gasteiger partial charge in [-0.2, -0.15) is 0 Å². The van der Waals surface area contributed by atoms with E-state index in [9.17, 15) is 14.4 Å². The lowest BCUT2D eigenvalue weighted by atomic mass is 10.1. The third kappa shape index (κ3) is 7.30. The number of methoxy groups -OCH3 is 1. The van der Waals surface area contributed by atoms with Crippen molar-refractivity contribution >= 4 is 35.3 Å². The van der Waals surface area contributed by atoms with Gasteiger partial charge in [0.2, 0.25) is 0 Å². The maximum absolute atomic E-state index is 13.7. The fourth-order valence-electron chi connectivity index (χ4n) is 4.87. The Balaban J connectivity index is 1.68. The van der Waals surface area contributed by atoms with Crippen molar-refractivity contribution in [3.05, 3.63) is 74.9 Å². The van der Waals surface area contributed by atoms with E-state index in [-0.39, 0.29) is 24.5 Å². The number of thiazole rings is 1. The fourth-order valence-corrected chi connectivity index (χ4v) is 5.47. The van der Waals surface area contributed by atoms with Gasteiger partial charge in [-0.05, 0) is 43.5 Å². The maximum Gasteiger partial charge on any atom is 0.337 e. The molecule has 1 aliphatic rings. The molecule has 1 saturated heterocycles. The number of aryl methyl sites for hydroxylation is 2. The van der Waals surface area contributed by atoms with Crippen LogP contribution >= 0.6 is 11.3 Å². The first kappa shape index (κ1) is 30.2. The van der Waals surface area contributed by atoms with E-state index in [4.69, 9.17) is 9.72 Å². The van der Waals surface area contributed by atoms with Crippen LogP contribution < -0.4 is 0 Å². The number of esters is 1. The normalized spacial score (nSPS) is 14.5. The Kier molecular flexibility index (Phi) is 10.5. The average Bonchev–Trinajstić information content (AvgIpc) is 3.63. The summed E-state index contributed by atoms with van der Waals surface area (Å²) in [5.74, 6) is 0.238. The first-order valence-corrected chi connectivity index (χ1v) is 15.2. The van der Waals surface area contributed by atoms with Gasteiger partial charge in [0.15, 0.2) is 0 Å². The molecule has 0 unspecified atom stereocenters. The van der Waals surface area contributed by atoms with E-state index in [0.29, 0.717) is 24.4 Å². The van der Waals surface area contributed by atoms with Crippen LogP contribution in [0.5, 0.6) is 0 Å². The molecule has 3 aromatic rings. The Hall–Kier alpha value is -3.79. The molecule has 0 spiro atoms. The van der Waals surface area contributed by atoms with Crippen molar-refractivity contribution in [3.8, 4) is 0 Å². The van der Waals surface area contributed by atoms with Gasteiger partial charge in [0.05, 0.1) is 41.8 Å². The minimum Gasteiger partial charge on any atom is -0.465 e. The fraction of sp³-hybridized carbons (Fsp3) is 0.452. The number of amides is 3. The molecule has 0 aliphatic carbocycles. The second kappa shape index (κ2) is 14.2. The number of nitrogens with zero attached hydrogens (tertiary/aromatic N) is 5. The molecular formula is C31H39N5O4S. The molecule has 218 valence electrons. The number of carbonyl (C=O) groups is 3.